The molecule has 4 nitrogen and oxygen atoms in total. The van der Waals surface area contributed by atoms with Crippen molar-refractivity contribution in [1.82, 2.24) is 0 Å². The summed E-state index contributed by atoms with van der Waals surface area (Å²) < 4.78 is 0. The minimum atomic E-state index is -0.844. The van der Waals surface area contributed by atoms with Crippen molar-refractivity contribution in [3.8, 4) is 11.1 Å². The second-order valence-corrected chi connectivity index (χ2v) is 7.34. The number of carboxylic acids is 1. The van der Waals surface area contributed by atoms with Gasteiger partial charge in [0.1, 0.15) is 0 Å². The fraction of sp³-hybridized carbons (Fsp3) is 0.231. The number of rotatable bonds is 9. The summed E-state index contributed by atoms with van der Waals surface area (Å²) in [6.45, 7) is 2.59. The molecule has 1 amide bonds. The second-order valence-electron chi connectivity index (χ2n) is 7.34. The van der Waals surface area contributed by atoms with Crippen LogP contribution in [0.3, 0.4) is 0 Å². The molecule has 0 spiro atoms. The number of unbranched alkanes of at least 4 members (excludes halogenated alkanes) is 1. The summed E-state index contributed by atoms with van der Waals surface area (Å²) in [5, 5.41) is 9.17. The van der Waals surface area contributed by atoms with E-state index in [1.807, 2.05) is 83.8 Å². The summed E-state index contributed by atoms with van der Waals surface area (Å²) in [5.74, 6) is -0.720. The quantitative estimate of drug-likeness (QED) is 0.500. The Labute approximate surface area is 177 Å². The summed E-state index contributed by atoms with van der Waals surface area (Å²) in [6, 6.07) is 25.3. The van der Waals surface area contributed by atoms with Crippen molar-refractivity contribution >= 4 is 17.6 Å². The molecule has 0 bridgehead atoms. The zero-order chi connectivity index (χ0) is 21.3. The number of hydrogen-bond donors (Lipinski definition) is 1. The summed E-state index contributed by atoms with van der Waals surface area (Å²) >= 11 is 0. The summed E-state index contributed by atoms with van der Waals surface area (Å²) in [7, 11) is 0. The molecule has 0 aliphatic rings. The molecule has 3 aromatic rings. The van der Waals surface area contributed by atoms with Gasteiger partial charge in [0.2, 0.25) is 5.91 Å². The minimum Gasteiger partial charge on any atom is -0.481 e. The number of anilines is 1. The van der Waals surface area contributed by atoms with Crippen molar-refractivity contribution < 1.29 is 14.7 Å². The van der Waals surface area contributed by atoms with E-state index >= 15 is 0 Å². The van der Waals surface area contributed by atoms with Crippen LogP contribution in [0.2, 0.25) is 0 Å². The molecular formula is C26H27NO3. The molecule has 0 aromatic heterocycles. The summed E-state index contributed by atoms with van der Waals surface area (Å²) in [5.41, 5.74) is 4.61. The van der Waals surface area contributed by atoms with Crippen LogP contribution in [0.5, 0.6) is 0 Å². The van der Waals surface area contributed by atoms with Gasteiger partial charge in [-0.25, -0.2) is 0 Å². The second kappa shape index (κ2) is 10.4. The Morgan fingerprint density at radius 2 is 1.53 bits per heavy atom. The predicted molar refractivity (Wildman–Crippen MR) is 120 cm³/mol. The highest BCUT2D eigenvalue weighted by atomic mass is 16.4. The van der Waals surface area contributed by atoms with Crippen molar-refractivity contribution in [3.63, 3.8) is 0 Å². The summed E-state index contributed by atoms with van der Waals surface area (Å²) in [6.07, 6.45) is 2.39. The zero-order valence-electron chi connectivity index (χ0n) is 17.3. The first-order valence-corrected chi connectivity index (χ1v) is 10.3. The van der Waals surface area contributed by atoms with Gasteiger partial charge in [0.05, 0.1) is 13.0 Å². The van der Waals surface area contributed by atoms with Crippen LogP contribution in [0.15, 0.2) is 78.9 Å². The molecule has 0 heterocycles. The van der Waals surface area contributed by atoms with Crippen LogP contribution in [0, 0.1) is 0 Å². The van der Waals surface area contributed by atoms with Gasteiger partial charge >= 0.3 is 5.97 Å². The first-order chi connectivity index (χ1) is 14.6. The molecule has 0 atom stereocenters. The fourth-order valence-corrected chi connectivity index (χ4v) is 3.49. The van der Waals surface area contributed by atoms with Gasteiger partial charge in [-0.15, -0.1) is 0 Å². The lowest BCUT2D eigenvalue weighted by Crippen LogP contribution is -2.30. The maximum Gasteiger partial charge on any atom is 0.307 e. The van der Waals surface area contributed by atoms with Crippen molar-refractivity contribution in [2.45, 2.75) is 39.2 Å². The smallest absolute Gasteiger partial charge is 0.307 e. The predicted octanol–water partition coefficient (Wildman–Crippen LogP) is 5.70. The van der Waals surface area contributed by atoms with Crippen LogP contribution in [-0.4, -0.2) is 17.0 Å². The number of carbonyl (C=O) groups is 2. The van der Waals surface area contributed by atoms with Crippen LogP contribution in [0.4, 0.5) is 5.69 Å². The Morgan fingerprint density at radius 3 is 2.20 bits per heavy atom. The molecular weight excluding hydrogens is 374 g/mol. The average Bonchev–Trinajstić information content (AvgIpc) is 2.77. The van der Waals surface area contributed by atoms with Crippen molar-refractivity contribution in [2.75, 3.05) is 4.90 Å². The van der Waals surface area contributed by atoms with Crippen LogP contribution < -0.4 is 4.90 Å². The van der Waals surface area contributed by atoms with E-state index < -0.39 is 5.97 Å². The van der Waals surface area contributed by atoms with Crippen molar-refractivity contribution in [2.24, 2.45) is 0 Å². The SMILES string of the molecule is CCCCC(=O)N(Cc1ccc(-c2ccccc2CC(=O)O)cc1)c1ccccc1. The Balaban J connectivity index is 1.83. The fourth-order valence-electron chi connectivity index (χ4n) is 3.49. The van der Waals surface area contributed by atoms with Gasteiger partial charge in [0.15, 0.2) is 0 Å². The highest BCUT2D eigenvalue weighted by Crippen LogP contribution is 2.26. The maximum absolute atomic E-state index is 12.8. The number of nitrogens with zero attached hydrogens (tertiary/aromatic N) is 1. The molecule has 30 heavy (non-hydrogen) atoms. The lowest BCUT2D eigenvalue weighted by atomic mass is 9.97. The molecule has 0 aliphatic carbocycles. The third kappa shape index (κ3) is 5.57. The number of amides is 1. The van der Waals surface area contributed by atoms with Gasteiger partial charge in [0.25, 0.3) is 0 Å². The monoisotopic (exact) mass is 401 g/mol. The van der Waals surface area contributed by atoms with E-state index in [2.05, 4.69) is 6.92 Å². The van der Waals surface area contributed by atoms with E-state index in [-0.39, 0.29) is 12.3 Å². The van der Waals surface area contributed by atoms with Crippen LogP contribution in [0.1, 0.15) is 37.3 Å². The van der Waals surface area contributed by atoms with Gasteiger partial charge in [-0.05, 0) is 40.8 Å². The van der Waals surface area contributed by atoms with Crippen LogP contribution in [0.25, 0.3) is 11.1 Å². The first kappa shape index (κ1) is 21.3. The van der Waals surface area contributed by atoms with E-state index in [0.29, 0.717) is 13.0 Å². The first-order valence-electron chi connectivity index (χ1n) is 10.3. The Hall–Kier alpha value is -3.40. The van der Waals surface area contributed by atoms with Crippen molar-refractivity contribution in [3.05, 3.63) is 90.0 Å². The lowest BCUT2D eigenvalue weighted by molar-refractivity contribution is -0.136. The highest BCUT2D eigenvalue weighted by molar-refractivity contribution is 5.93. The number of hydrogen-bond acceptors (Lipinski definition) is 2. The van der Waals surface area contributed by atoms with Crippen LogP contribution >= 0.6 is 0 Å². The Bertz CT molecular complexity index is 981. The largest absolute Gasteiger partial charge is 0.481 e. The molecule has 4 heteroatoms. The minimum absolute atomic E-state index is 0.00829. The highest BCUT2D eigenvalue weighted by Gasteiger charge is 2.16. The molecule has 0 fully saturated rings. The molecule has 3 aromatic carbocycles. The third-order valence-corrected chi connectivity index (χ3v) is 5.08. The molecule has 0 saturated carbocycles. The zero-order valence-corrected chi connectivity index (χ0v) is 17.3. The van der Waals surface area contributed by atoms with E-state index in [1.54, 1.807) is 0 Å². The summed E-state index contributed by atoms with van der Waals surface area (Å²) in [4.78, 5) is 25.8. The van der Waals surface area contributed by atoms with Gasteiger partial charge in [-0.1, -0.05) is 80.1 Å². The normalized spacial score (nSPS) is 10.6. The van der Waals surface area contributed by atoms with Crippen molar-refractivity contribution in [1.29, 1.82) is 0 Å². The van der Waals surface area contributed by atoms with Gasteiger partial charge in [0, 0.05) is 12.1 Å². The number of para-hydroxylation sites is 1. The van der Waals surface area contributed by atoms with E-state index in [0.717, 1.165) is 40.8 Å². The van der Waals surface area contributed by atoms with Gasteiger partial charge in [-0.3, -0.25) is 9.59 Å². The van der Waals surface area contributed by atoms with Crippen LogP contribution in [-0.2, 0) is 22.6 Å². The topological polar surface area (TPSA) is 57.6 Å². The van der Waals surface area contributed by atoms with E-state index in [1.165, 1.54) is 0 Å². The van der Waals surface area contributed by atoms with Gasteiger partial charge < -0.3 is 10.0 Å². The lowest BCUT2D eigenvalue weighted by Gasteiger charge is -2.23. The number of carbonyl (C=O) groups excluding carboxylic acids is 1. The number of carboxylic acid groups (broad SMARTS) is 1. The molecule has 154 valence electrons. The molecule has 1 N–H and O–H groups in total. The molecule has 0 unspecified atom stereocenters. The molecule has 0 saturated heterocycles. The number of aliphatic carboxylic acids is 1. The number of benzene rings is 3. The molecule has 0 aliphatic heterocycles. The average molecular weight is 402 g/mol. The Kier molecular flexibility index (Phi) is 7.39. The maximum atomic E-state index is 12.8. The molecule has 0 radical (unpaired) electrons. The molecule has 3 rings (SSSR count). The Morgan fingerprint density at radius 1 is 0.867 bits per heavy atom. The third-order valence-electron chi connectivity index (χ3n) is 5.08. The standard InChI is InChI=1S/C26H27NO3/c1-2-3-13-25(28)27(23-10-5-4-6-11-23)19-20-14-16-21(17-15-20)24-12-8-7-9-22(24)18-26(29)30/h4-12,14-17H,2-3,13,18-19H2,1H3,(H,29,30). The van der Waals surface area contributed by atoms with Gasteiger partial charge in [-0.2, -0.15) is 0 Å². The van der Waals surface area contributed by atoms with E-state index in [4.69, 9.17) is 5.11 Å². The van der Waals surface area contributed by atoms with E-state index in [9.17, 15) is 9.59 Å².